The second-order valence-corrected chi connectivity index (χ2v) is 7.07. The van der Waals surface area contributed by atoms with Crippen LogP contribution in [0.3, 0.4) is 0 Å². The molecule has 1 atom stereocenters. The fourth-order valence-electron chi connectivity index (χ4n) is 3.27. The summed E-state index contributed by atoms with van der Waals surface area (Å²) in [6, 6.07) is 11.9. The number of likely N-dealkylation sites (N-methyl/N-ethyl adjacent to an activating group) is 1. The Hall–Kier alpha value is -4.12. The number of aromatic nitrogens is 3. The maximum Gasteiger partial charge on any atom is 0.274 e. The van der Waals surface area contributed by atoms with Crippen LogP contribution in [-0.2, 0) is 11.3 Å². The van der Waals surface area contributed by atoms with Gasteiger partial charge in [-0.2, -0.15) is 0 Å². The second kappa shape index (κ2) is 8.32. The van der Waals surface area contributed by atoms with Crippen molar-refractivity contribution in [3.05, 3.63) is 59.9 Å². The van der Waals surface area contributed by atoms with E-state index in [1.165, 1.54) is 11.1 Å². The molecule has 1 aliphatic rings. The molecule has 2 amide bonds. The molecule has 31 heavy (non-hydrogen) atoms. The Bertz CT molecular complexity index is 1110. The molecular formula is C20H22N8O3. The van der Waals surface area contributed by atoms with Crippen molar-refractivity contribution >= 4 is 28.9 Å². The number of amides is 2. The number of hydrazine groups is 1. The lowest BCUT2D eigenvalue weighted by atomic mass is 10.2. The van der Waals surface area contributed by atoms with Gasteiger partial charge >= 0.3 is 0 Å². The van der Waals surface area contributed by atoms with Crippen LogP contribution in [-0.4, -0.2) is 46.5 Å². The molecule has 0 fully saturated rings. The number of hydrogen-bond donors (Lipinski definition) is 4. The Balaban J connectivity index is 1.47. The Morgan fingerprint density at radius 2 is 2.06 bits per heavy atom. The van der Waals surface area contributed by atoms with Crippen LogP contribution in [0.25, 0.3) is 0 Å². The van der Waals surface area contributed by atoms with E-state index >= 15 is 0 Å². The van der Waals surface area contributed by atoms with Crippen molar-refractivity contribution < 1.29 is 14.3 Å². The van der Waals surface area contributed by atoms with Gasteiger partial charge in [0, 0.05) is 13.1 Å². The zero-order valence-corrected chi connectivity index (χ0v) is 16.8. The van der Waals surface area contributed by atoms with Crippen molar-refractivity contribution in [1.29, 1.82) is 0 Å². The number of nitrogen functional groups attached to an aromatic ring is 2. The van der Waals surface area contributed by atoms with Crippen molar-refractivity contribution in [3.8, 4) is 5.75 Å². The number of benzene rings is 2. The van der Waals surface area contributed by atoms with E-state index in [0.717, 1.165) is 5.56 Å². The molecule has 0 bridgehead atoms. The topological polar surface area (TPSA) is 153 Å². The molecule has 1 aromatic heterocycles. The van der Waals surface area contributed by atoms with Crippen LogP contribution in [0.2, 0.25) is 0 Å². The number of rotatable bonds is 5. The quantitative estimate of drug-likeness (QED) is 0.261. The molecule has 0 aliphatic carbocycles. The number of carbonyl (C=O) groups is 2. The summed E-state index contributed by atoms with van der Waals surface area (Å²) in [6.45, 7) is 0.414. The van der Waals surface area contributed by atoms with Gasteiger partial charge in [0.1, 0.15) is 18.4 Å². The van der Waals surface area contributed by atoms with Crippen LogP contribution in [0.15, 0.2) is 48.7 Å². The molecular weight excluding hydrogens is 400 g/mol. The Morgan fingerprint density at radius 1 is 1.29 bits per heavy atom. The molecule has 11 heteroatoms. The van der Waals surface area contributed by atoms with Crippen molar-refractivity contribution in [3.63, 3.8) is 0 Å². The first kappa shape index (κ1) is 20.2. The number of hydrogen-bond acceptors (Lipinski definition) is 8. The zero-order chi connectivity index (χ0) is 22.0. The molecule has 1 aliphatic heterocycles. The van der Waals surface area contributed by atoms with Gasteiger partial charge in [-0.3, -0.25) is 15.4 Å². The highest BCUT2D eigenvalue weighted by atomic mass is 16.5. The van der Waals surface area contributed by atoms with Crippen LogP contribution in [0.5, 0.6) is 5.75 Å². The molecule has 0 spiro atoms. The maximum atomic E-state index is 12.9. The second-order valence-electron chi connectivity index (χ2n) is 7.07. The van der Waals surface area contributed by atoms with E-state index in [4.69, 9.17) is 16.3 Å². The number of fused-ring (bicyclic) bond motifs is 1. The van der Waals surface area contributed by atoms with Gasteiger partial charge in [0.15, 0.2) is 5.69 Å². The highest BCUT2D eigenvalue weighted by Gasteiger charge is 2.32. The smallest absolute Gasteiger partial charge is 0.274 e. The molecule has 6 N–H and O–H groups in total. The van der Waals surface area contributed by atoms with Gasteiger partial charge in [0.05, 0.1) is 29.8 Å². The predicted octanol–water partition coefficient (Wildman–Crippen LogP) is 0.348. The Labute approximate surface area is 177 Å². The fraction of sp³-hybridized carbons (Fsp3) is 0.200. The Kier molecular flexibility index (Phi) is 5.41. The minimum atomic E-state index is -0.917. The molecule has 160 valence electrons. The first-order valence-corrected chi connectivity index (χ1v) is 9.51. The summed E-state index contributed by atoms with van der Waals surface area (Å²) in [4.78, 5) is 27.0. The predicted molar refractivity (Wildman–Crippen MR) is 114 cm³/mol. The molecule has 3 aromatic rings. The van der Waals surface area contributed by atoms with E-state index in [9.17, 15) is 9.59 Å². The van der Waals surface area contributed by atoms with Gasteiger partial charge in [0.25, 0.3) is 11.8 Å². The minimum absolute atomic E-state index is 0.0615. The molecule has 2 heterocycles. The number of nitrogens with one attached hydrogen (secondary N) is 2. The molecule has 11 nitrogen and oxygen atoms in total. The number of carbonyl (C=O) groups excluding carboxylic acids is 2. The van der Waals surface area contributed by atoms with Crippen molar-refractivity contribution in [2.24, 2.45) is 5.84 Å². The molecule has 0 saturated heterocycles. The van der Waals surface area contributed by atoms with E-state index in [0.29, 0.717) is 29.4 Å². The summed E-state index contributed by atoms with van der Waals surface area (Å²) in [5.74, 6) is 5.00. The largest absolute Gasteiger partial charge is 0.489 e. The molecule has 0 radical (unpaired) electrons. The van der Waals surface area contributed by atoms with Gasteiger partial charge in [-0.1, -0.05) is 35.5 Å². The summed E-state index contributed by atoms with van der Waals surface area (Å²) >= 11 is 0. The first-order chi connectivity index (χ1) is 15.0. The lowest BCUT2D eigenvalue weighted by molar-refractivity contribution is -0.120. The van der Waals surface area contributed by atoms with Crippen molar-refractivity contribution in [1.82, 2.24) is 20.3 Å². The molecule has 2 aromatic carbocycles. The number of nitrogens with zero attached hydrogens (tertiary/aromatic N) is 4. The summed E-state index contributed by atoms with van der Waals surface area (Å²) in [6.07, 6.45) is 1.53. The SMILES string of the molecule is CN1C(=O)C(NC(=O)c2cn(Cc3ccccc3)nn2)COc2cc(NN)c(N)cc21. The average molecular weight is 422 g/mol. The fourth-order valence-corrected chi connectivity index (χ4v) is 3.27. The monoisotopic (exact) mass is 422 g/mol. The molecule has 4 rings (SSSR count). The van der Waals surface area contributed by atoms with Crippen molar-refractivity contribution in [2.45, 2.75) is 12.6 Å². The highest BCUT2D eigenvalue weighted by molar-refractivity contribution is 6.03. The van der Waals surface area contributed by atoms with Gasteiger partial charge in [0.2, 0.25) is 0 Å². The maximum absolute atomic E-state index is 12.9. The third-order valence-electron chi connectivity index (χ3n) is 4.95. The normalized spacial score (nSPS) is 15.6. The number of anilines is 3. The molecule has 1 unspecified atom stereocenters. The summed E-state index contributed by atoms with van der Waals surface area (Å²) in [5.41, 5.74) is 10.9. The van der Waals surface area contributed by atoms with E-state index in [-0.39, 0.29) is 18.2 Å². The van der Waals surface area contributed by atoms with Crippen LogP contribution < -0.4 is 32.0 Å². The Morgan fingerprint density at radius 3 is 2.81 bits per heavy atom. The minimum Gasteiger partial charge on any atom is -0.489 e. The van der Waals surface area contributed by atoms with Crippen LogP contribution >= 0.6 is 0 Å². The highest BCUT2D eigenvalue weighted by Crippen LogP contribution is 2.36. The van der Waals surface area contributed by atoms with Gasteiger partial charge in [-0.15, -0.1) is 5.10 Å². The van der Waals surface area contributed by atoms with Crippen LogP contribution in [0.4, 0.5) is 17.1 Å². The summed E-state index contributed by atoms with van der Waals surface area (Å²) < 4.78 is 7.31. The third kappa shape index (κ3) is 4.12. The van der Waals surface area contributed by atoms with Crippen LogP contribution in [0, 0.1) is 0 Å². The molecule has 0 saturated carbocycles. The van der Waals surface area contributed by atoms with E-state index in [1.54, 1.807) is 23.9 Å². The standard InChI is InChI=1S/C20H22N8O3/c1-27-17-7-13(21)14(24-22)8-18(17)31-11-16(20(27)30)23-19(29)15-10-28(26-25-15)9-12-5-3-2-4-6-12/h2-8,10,16,24H,9,11,21-22H2,1H3,(H,23,29). The van der Waals surface area contributed by atoms with Crippen molar-refractivity contribution in [2.75, 3.05) is 29.7 Å². The van der Waals surface area contributed by atoms with E-state index < -0.39 is 11.9 Å². The zero-order valence-electron chi connectivity index (χ0n) is 16.8. The van der Waals surface area contributed by atoms with E-state index in [2.05, 4.69) is 21.1 Å². The number of nitrogens with two attached hydrogens (primary N) is 2. The van der Waals surface area contributed by atoms with Gasteiger partial charge < -0.3 is 26.1 Å². The third-order valence-corrected chi connectivity index (χ3v) is 4.95. The summed E-state index contributed by atoms with van der Waals surface area (Å²) in [5, 5.41) is 10.6. The average Bonchev–Trinajstić information content (AvgIpc) is 3.21. The van der Waals surface area contributed by atoms with Crippen LogP contribution in [0.1, 0.15) is 16.1 Å². The number of ether oxygens (including phenoxy) is 1. The lowest BCUT2D eigenvalue weighted by Crippen LogP contribution is -2.49. The van der Waals surface area contributed by atoms with E-state index in [1.807, 2.05) is 30.3 Å². The van der Waals surface area contributed by atoms with Gasteiger partial charge in [-0.25, -0.2) is 4.68 Å². The van der Waals surface area contributed by atoms with Gasteiger partial charge in [-0.05, 0) is 11.6 Å². The lowest BCUT2D eigenvalue weighted by Gasteiger charge is -2.20. The first-order valence-electron chi connectivity index (χ1n) is 9.51. The summed E-state index contributed by atoms with van der Waals surface area (Å²) in [7, 11) is 1.58.